The fourth-order valence-electron chi connectivity index (χ4n) is 0.454. The first-order chi connectivity index (χ1) is 4.76. The van der Waals surface area contributed by atoms with E-state index in [2.05, 4.69) is 17.9 Å². The molecule has 0 radical (unpaired) electrons. The topological polar surface area (TPSA) is 26.3 Å². The van der Waals surface area contributed by atoms with Gasteiger partial charge >= 0.3 is 0 Å². The molecule has 0 spiro atoms. The maximum atomic E-state index is 9.86. The van der Waals surface area contributed by atoms with Gasteiger partial charge in [0.05, 0.1) is 0 Å². The zero-order valence-electron chi connectivity index (χ0n) is 5.96. The van der Waals surface area contributed by atoms with Crippen LogP contribution in [0.4, 0.5) is 0 Å². The van der Waals surface area contributed by atoms with Crippen LogP contribution in [-0.4, -0.2) is 6.47 Å². The summed E-state index contributed by atoms with van der Waals surface area (Å²) >= 11 is 0. The highest BCUT2D eigenvalue weighted by molar-refractivity contribution is 5.43. The number of hydrogen-bond acceptors (Lipinski definition) is 2. The molecule has 10 heavy (non-hydrogen) atoms. The van der Waals surface area contributed by atoms with Crippen LogP contribution in [0.25, 0.3) is 0 Å². The molecule has 54 valence electrons. The van der Waals surface area contributed by atoms with Crippen molar-refractivity contribution >= 4 is 6.47 Å². The molecule has 0 unspecified atom stereocenters. The van der Waals surface area contributed by atoms with Gasteiger partial charge in [-0.1, -0.05) is 19.2 Å². The third kappa shape index (κ3) is 2.31. The van der Waals surface area contributed by atoms with Gasteiger partial charge in [-0.05, 0) is 18.6 Å². The largest absolute Gasteiger partial charge is 0.429 e. The van der Waals surface area contributed by atoms with Crippen molar-refractivity contribution in [3.8, 4) is 0 Å². The second kappa shape index (κ2) is 4.56. The Morgan fingerprint density at radius 1 is 1.40 bits per heavy atom. The molecule has 0 aliphatic carbocycles. The Morgan fingerprint density at radius 3 is 2.30 bits per heavy atom. The Labute approximate surface area is 60.5 Å². The zero-order valence-corrected chi connectivity index (χ0v) is 5.96. The third-order valence-electron chi connectivity index (χ3n) is 1.06. The summed E-state index contributed by atoms with van der Waals surface area (Å²) in [4.78, 5) is 9.86. The van der Waals surface area contributed by atoms with Gasteiger partial charge in [-0.3, -0.25) is 4.79 Å². The van der Waals surface area contributed by atoms with Crippen molar-refractivity contribution in [2.24, 2.45) is 0 Å². The monoisotopic (exact) mass is 138 g/mol. The minimum absolute atomic E-state index is 0.365. The highest BCUT2D eigenvalue weighted by Crippen LogP contribution is 2.05. The Kier molecular flexibility index (Phi) is 3.96. The molecule has 2 nitrogen and oxygen atoms in total. The second-order valence-corrected chi connectivity index (χ2v) is 1.67. The first kappa shape index (κ1) is 8.69. The van der Waals surface area contributed by atoms with E-state index in [0.717, 1.165) is 5.57 Å². The number of ether oxygens (including phenoxy) is 1. The van der Waals surface area contributed by atoms with E-state index in [-0.39, 0.29) is 0 Å². The Hall–Kier alpha value is -1.31. The lowest BCUT2D eigenvalue weighted by molar-refractivity contribution is -0.124. The van der Waals surface area contributed by atoms with Crippen molar-refractivity contribution in [1.29, 1.82) is 0 Å². The summed E-state index contributed by atoms with van der Waals surface area (Å²) in [5.41, 5.74) is 0.794. The van der Waals surface area contributed by atoms with Crippen LogP contribution in [0.2, 0.25) is 0 Å². The number of allylic oxidation sites excluding steroid dienone is 3. The molecule has 0 aromatic rings. The predicted molar refractivity (Wildman–Crippen MR) is 40.2 cm³/mol. The summed E-state index contributed by atoms with van der Waals surface area (Å²) in [6, 6.07) is 0. The fourth-order valence-corrected chi connectivity index (χ4v) is 0.454. The Balaban J connectivity index is 4.42. The van der Waals surface area contributed by atoms with Crippen molar-refractivity contribution in [2.45, 2.75) is 6.92 Å². The van der Waals surface area contributed by atoms with Crippen molar-refractivity contribution in [3.05, 3.63) is 36.6 Å². The summed E-state index contributed by atoms with van der Waals surface area (Å²) < 4.78 is 4.55. The van der Waals surface area contributed by atoms with Gasteiger partial charge in [0.2, 0.25) is 0 Å². The predicted octanol–water partition coefficient (Wildman–Crippen LogP) is 1.81. The van der Waals surface area contributed by atoms with Crippen LogP contribution in [-0.2, 0) is 9.53 Å². The van der Waals surface area contributed by atoms with Crippen LogP contribution >= 0.6 is 0 Å². The maximum Gasteiger partial charge on any atom is 0.298 e. The fraction of sp³-hybridized carbons (Fsp3) is 0.125. The number of carbonyl (C=O) groups excluding carboxylic acids is 1. The van der Waals surface area contributed by atoms with Gasteiger partial charge in [-0.2, -0.15) is 0 Å². The van der Waals surface area contributed by atoms with E-state index in [1.165, 1.54) is 6.08 Å². The summed E-state index contributed by atoms with van der Waals surface area (Å²) in [6.07, 6.45) is 3.06. The summed E-state index contributed by atoms with van der Waals surface area (Å²) in [5, 5.41) is 0. The lowest BCUT2D eigenvalue weighted by Crippen LogP contribution is -1.88. The number of carbonyl (C=O) groups is 1. The van der Waals surface area contributed by atoms with E-state index in [1.807, 2.05) is 0 Å². The lowest BCUT2D eigenvalue weighted by Gasteiger charge is -1.98. The molecule has 0 aliphatic heterocycles. The molecule has 0 bridgehead atoms. The minimum atomic E-state index is 0.365. The molecule has 0 aromatic heterocycles. The summed E-state index contributed by atoms with van der Waals surface area (Å²) in [6.45, 7) is 9.12. The molecule has 0 fully saturated rings. The minimum Gasteiger partial charge on any atom is -0.429 e. The van der Waals surface area contributed by atoms with E-state index < -0.39 is 0 Å². The van der Waals surface area contributed by atoms with E-state index in [0.29, 0.717) is 12.2 Å². The maximum absolute atomic E-state index is 9.86. The van der Waals surface area contributed by atoms with Gasteiger partial charge in [0, 0.05) is 0 Å². The van der Waals surface area contributed by atoms with E-state index in [1.54, 1.807) is 13.0 Å². The van der Waals surface area contributed by atoms with Crippen LogP contribution in [0.5, 0.6) is 0 Å². The first-order valence-electron chi connectivity index (χ1n) is 2.82. The van der Waals surface area contributed by atoms with Crippen molar-refractivity contribution < 1.29 is 9.53 Å². The second-order valence-electron chi connectivity index (χ2n) is 1.67. The summed E-state index contributed by atoms with van der Waals surface area (Å²) in [5.74, 6) is 0.449. The normalized spacial score (nSPS) is 11.3. The molecule has 0 atom stereocenters. The Morgan fingerprint density at radius 2 is 2.00 bits per heavy atom. The average molecular weight is 138 g/mol. The molecular weight excluding hydrogens is 128 g/mol. The highest BCUT2D eigenvalue weighted by atomic mass is 16.5. The SMILES string of the molecule is C=C/C(C)=C(\C=C)OC=O. The third-order valence-corrected chi connectivity index (χ3v) is 1.06. The van der Waals surface area contributed by atoms with Crippen molar-refractivity contribution in [2.75, 3.05) is 0 Å². The van der Waals surface area contributed by atoms with Crippen LogP contribution in [0, 0.1) is 0 Å². The van der Waals surface area contributed by atoms with Gasteiger partial charge in [-0.25, -0.2) is 0 Å². The molecule has 0 N–H and O–H groups in total. The highest BCUT2D eigenvalue weighted by Gasteiger charge is 1.93. The molecule has 0 saturated heterocycles. The molecule has 0 aromatic carbocycles. The summed E-state index contributed by atoms with van der Waals surface area (Å²) in [7, 11) is 0. The molecule has 0 heterocycles. The van der Waals surface area contributed by atoms with Gasteiger partial charge in [-0.15, -0.1) is 0 Å². The number of rotatable bonds is 4. The van der Waals surface area contributed by atoms with Gasteiger partial charge in [0.15, 0.2) is 0 Å². The average Bonchev–Trinajstić information content (AvgIpc) is 1.99. The molecule has 0 amide bonds. The van der Waals surface area contributed by atoms with Gasteiger partial charge < -0.3 is 4.74 Å². The molecule has 0 rings (SSSR count). The molecular formula is C8H10O2. The number of hydrogen-bond donors (Lipinski definition) is 0. The quantitative estimate of drug-likeness (QED) is 0.336. The van der Waals surface area contributed by atoms with Crippen LogP contribution in [0.3, 0.4) is 0 Å². The van der Waals surface area contributed by atoms with Gasteiger partial charge in [0.25, 0.3) is 6.47 Å². The standard InChI is InChI=1S/C8H10O2/c1-4-7(3)8(5-2)10-6-9/h4-6H,1-2H2,3H3/b8-7+. The smallest absolute Gasteiger partial charge is 0.298 e. The van der Waals surface area contributed by atoms with Crippen LogP contribution in [0.1, 0.15) is 6.92 Å². The van der Waals surface area contributed by atoms with Gasteiger partial charge in [0.1, 0.15) is 5.76 Å². The Bertz CT molecular complexity index is 178. The zero-order chi connectivity index (χ0) is 7.98. The molecule has 0 saturated carbocycles. The van der Waals surface area contributed by atoms with E-state index in [9.17, 15) is 4.79 Å². The van der Waals surface area contributed by atoms with E-state index >= 15 is 0 Å². The first-order valence-corrected chi connectivity index (χ1v) is 2.82. The van der Waals surface area contributed by atoms with Crippen molar-refractivity contribution in [1.82, 2.24) is 0 Å². The molecule has 0 aliphatic rings. The van der Waals surface area contributed by atoms with Crippen LogP contribution < -0.4 is 0 Å². The van der Waals surface area contributed by atoms with E-state index in [4.69, 9.17) is 0 Å². The van der Waals surface area contributed by atoms with Crippen LogP contribution in [0.15, 0.2) is 36.6 Å². The lowest BCUT2D eigenvalue weighted by atomic mass is 10.2. The molecule has 2 heteroatoms. The van der Waals surface area contributed by atoms with Crippen molar-refractivity contribution in [3.63, 3.8) is 0 Å².